The number of nitrogens with zero attached hydrogens (tertiary/aromatic N) is 4. The summed E-state index contributed by atoms with van der Waals surface area (Å²) < 4.78 is 1.43. The highest BCUT2D eigenvalue weighted by molar-refractivity contribution is 9.10. The number of nitro groups is 1. The highest BCUT2D eigenvalue weighted by atomic mass is 79.9. The summed E-state index contributed by atoms with van der Waals surface area (Å²) in [6, 6.07) is 7.88. The van der Waals surface area contributed by atoms with Gasteiger partial charge in [-0.25, -0.2) is 4.98 Å². The molecule has 1 saturated heterocycles. The van der Waals surface area contributed by atoms with E-state index < -0.39 is 4.92 Å². The number of hydrogen-bond acceptors (Lipinski definition) is 7. The molecule has 1 aliphatic rings. The number of carbonyl (C=O) groups is 2. The molecule has 4 rings (SSSR count). The van der Waals surface area contributed by atoms with Gasteiger partial charge in [-0.1, -0.05) is 11.6 Å². The molecule has 3 aromatic rings. The lowest BCUT2D eigenvalue weighted by atomic mass is 10.2. The van der Waals surface area contributed by atoms with Crippen LogP contribution in [0.15, 0.2) is 41.0 Å². The van der Waals surface area contributed by atoms with Crippen LogP contribution in [0.1, 0.15) is 9.67 Å². The van der Waals surface area contributed by atoms with E-state index in [4.69, 9.17) is 11.6 Å². The number of nitro benzene ring substituents is 1. The maximum atomic E-state index is 13.0. The molecule has 0 atom stereocenters. The number of benzene rings is 1. The number of rotatable bonds is 5. The average Bonchev–Trinajstić information content (AvgIpc) is 3.11. The molecule has 2 aromatic heterocycles. The number of aromatic nitrogens is 1. The lowest BCUT2D eigenvalue weighted by molar-refractivity contribution is -0.384. The molecule has 166 valence electrons. The van der Waals surface area contributed by atoms with Crippen molar-refractivity contribution >= 4 is 72.3 Å². The van der Waals surface area contributed by atoms with Gasteiger partial charge in [-0.05, 0) is 34.1 Å². The first-order valence-corrected chi connectivity index (χ1v) is 11.6. The summed E-state index contributed by atoms with van der Waals surface area (Å²) in [4.78, 5) is 44.0. The molecular formula is C20H17BrClN5O4S. The second kappa shape index (κ2) is 9.49. The molecule has 0 radical (unpaired) electrons. The van der Waals surface area contributed by atoms with Gasteiger partial charge in [0, 0.05) is 59.1 Å². The van der Waals surface area contributed by atoms with Crippen LogP contribution in [-0.4, -0.2) is 64.2 Å². The van der Waals surface area contributed by atoms with E-state index in [0.29, 0.717) is 52.0 Å². The Bertz CT molecular complexity index is 1190. The number of amides is 2. The van der Waals surface area contributed by atoms with Gasteiger partial charge in [0.15, 0.2) is 0 Å². The van der Waals surface area contributed by atoms with Crippen molar-refractivity contribution in [3.8, 4) is 0 Å². The molecule has 12 heteroatoms. The Morgan fingerprint density at radius 2 is 1.97 bits per heavy atom. The predicted octanol–water partition coefficient (Wildman–Crippen LogP) is 4.02. The second-order valence-electron chi connectivity index (χ2n) is 7.16. The quantitative estimate of drug-likeness (QED) is 0.388. The molecule has 1 aromatic carbocycles. The van der Waals surface area contributed by atoms with Crippen LogP contribution in [0.4, 0.5) is 11.5 Å². The molecule has 2 amide bonds. The van der Waals surface area contributed by atoms with Crippen LogP contribution in [0.5, 0.6) is 0 Å². The molecule has 9 nitrogen and oxygen atoms in total. The fraction of sp³-hybridized carbons (Fsp3) is 0.250. The first kappa shape index (κ1) is 22.6. The van der Waals surface area contributed by atoms with Gasteiger partial charge in [-0.2, -0.15) is 0 Å². The fourth-order valence-corrected chi connectivity index (χ4v) is 5.14. The Hall–Kier alpha value is -2.60. The summed E-state index contributed by atoms with van der Waals surface area (Å²) >= 11 is 10.9. The number of non-ortho nitro benzene ring substituents is 1. The maximum Gasteiger partial charge on any atom is 0.270 e. The number of hydrogen-bond donors (Lipinski definition) is 1. The standard InChI is InChI=1S/C20H17BrClN5O4S/c21-12-1-4-16(23-10-12)24-17(28)11-25-5-7-26(8-6-25)20(29)19-18(22)14-3-2-13(27(30)31)9-15(14)32-19/h1-4,9-10H,5-8,11H2,(H,23,24,28). The molecule has 0 bridgehead atoms. The molecular weight excluding hydrogens is 522 g/mol. The zero-order chi connectivity index (χ0) is 22.8. The van der Waals surface area contributed by atoms with Crippen LogP contribution in [0, 0.1) is 10.1 Å². The van der Waals surface area contributed by atoms with E-state index in [1.54, 1.807) is 29.3 Å². The number of pyridine rings is 1. The molecule has 1 fully saturated rings. The Labute approximate surface area is 200 Å². The normalized spacial score (nSPS) is 14.5. The van der Waals surface area contributed by atoms with Gasteiger partial charge in [0.1, 0.15) is 10.7 Å². The van der Waals surface area contributed by atoms with Crippen molar-refractivity contribution in [3.63, 3.8) is 0 Å². The molecule has 3 heterocycles. The van der Waals surface area contributed by atoms with Gasteiger partial charge >= 0.3 is 0 Å². The SMILES string of the molecule is O=C(CN1CCN(C(=O)c2sc3cc([N+](=O)[O-])ccc3c2Cl)CC1)Nc1ccc(Br)cn1. The monoisotopic (exact) mass is 537 g/mol. The number of halogens is 2. The van der Waals surface area contributed by atoms with Crippen LogP contribution >= 0.6 is 38.9 Å². The van der Waals surface area contributed by atoms with E-state index in [0.717, 1.165) is 15.8 Å². The zero-order valence-corrected chi connectivity index (χ0v) is 19.7. The van der Waals surface area contributed by atoms with E-state index in [-0.39, 0.29) is 24.0 Å². The van der Waals surface area contributed by atoms with Gasteiger partial charge in [0.05, 0.1) is 16.5 Å². The van der Waals surface area contributed by atoms with Crippen molar-refractivity contribution in [2.24, 2.45) is 0 Å². The third-order valence-corrected chi connectivity index (χ3v) is 7.15. The van der Waals surface area contributed by atoms with Gasteiger partial charge in [0.2, 0.25) is 5.91 Å². The zero-order valence-electron chi connectivity index (χ0n) is 16.6. The summed E-state index contributed by atoms with van der Waals surface area (Å²) in [5, 5.41) is 14.7. The highest BCUT2D eigenvalue weighted by Crippen LogP contribution is 2.38. The van der Waals surface area contributed by atoms with Crippen LogP contribution in [0.3, 0.4) is 0 Å². The Balaban J connectivity index is 1.36. The number of fused-ring (bicyclic) bond motifs is 1. The molecule has 0 spiro atoms. The first-order valence-electron chi connectivity index (χ1n) is 9.61. The van der Waals surface area contributed by atoms with Crippen LogP contribution in [0.2, 0.25) is 5.02 Å². The van der Waals surface area contributed by atoms with Crippen molar-refractivity contribution in [3.05, 3.63) is 61.0 Å². The van der Waals surface area contributed by atoms with Crippen molar-refractivity contribution in [2.75, 3.05) is 38.0 Å². The second-order valence-corrected chi connectivity index (χ2v) is 9.51. The lowest BCUT2D eigenvalue weighted by Crippen LogP contribution is -2.50. The van der Waals surface area contributed by atoms with E-state index in [1.807, 2.05) is 4.90 Å². The Kier molecular flexibility index (Phi) is 6.70. The third kappa shape index (κ3) is 4.90. The average molecular weight is 539 g/mol. The van der Waals surface area contributed by atoms with Gasteiger partial charge in [-0.3, -0.25) is 24.6 Å². The number of nitrogens with one attached hydrogen (secondary N) is 1. The van der Waals surface area contributed by atoms with E-state index in [9.17, 15) is 19.7 Å². The van der Waals surface area contributed by atoms with Gasteiger partial charge < -0.3 is 10.2 Å². The maximum absolute atomic E-state index is 13.0. The summed E-state index contributed by atoms with van der Waals surface area (Å²) in [6.45, 7) is 2.19. The molecule has 0 aliphatic carbocycles. The summed E-state index contributed by atoms with van der Waals surface area (Å²) in [7, 11) is 0. The van der Waals surface area contributed by atoms with E-state index >= 15 is 0 Å². The molecule has 0 unspecified atom stereocenters. The number of carbonyl (C=O) groups excluding carboxylic acids is 2. The first-order chi connectivity index (χ1) is 15.3. The van der Waals surface area contributed by atoms with Crippen LogP contribution in [0.25, 0.3) is 10.1 Å². The predicted molar refractivity (Wildman–Crippen MR) is 126 cm³/mol. The van der Waals surface area contributed by atoms with E-state index in [2.05, 4.69) is 26.2 Å². The van der Waals surface area contributed by atoms with Gasteiger partial charge in [-0.15, -0.1) is 11.3 Å². The summed E-state index contributed by atoms with van der Waals surface area (Å²) in [5.74, 6) is 0.0995. The molecule has 0 saturated carbocycles. The van der Waals surface area contributed by atoms with Crippen molar-refractivity contribution in [2.45, 2.75) is 0 Å². The number of piperazine rings is 1. The van der Waals surface area contributed by atoms with Gasteiger partial charge in [0.25, 0.3) is 11.6 Å². The van der Waals surface area contributed by atoms with Crippen molar-refractivity contribution in [1.82, 2.24) is 14.8 Å². The Morgan fingerprint density at radius 1 is 1.22 bits per heavy atom. The summed E-state index contributed by atoms with van der Waals surface area (Å²) in [5.41, 5.74) is -0.0420. The third-order valence-electron chi connectivity index (χ3n) is 5.04. The topological polar surface area (TPSA) is 109 Å². The minimum atomic E-state index is -0.475. The number of anilines is 1. The minimum absolute atomic E-state index is 0.0420. The van der Waals surface area contributed by atoms with Crippen LogP contribution < -0.4 is 5.32 Å². The van der Waals surface area contributed by atoms with E-state index in [1.165, 1.54) is 12.1 Å². The molecule has 1 aliphatic heterocycles. The smallest absolute Gasteiger partial charge is 0.270 e. The minimum Gasteiger partial charge on any atom is -0.335 e. The fourth-order valence-electron chi connectivity index (χ4n) is 3.39. The number of thiophene rings is 1. The van der Waals surface area contributed by atoms with Crippen molar-refractivity contribution in [1.29, 1.82) is 0 Å². The van der Waals surface area contributed by atoms with Crippen LogP contribution in [-0.2, 0) is 4.79 Å². The molecule has 1 N–H and O–H groups in total. The largest absolute Gasteiger partial charge is 0.335 e. The molecule has 32 heavy (non-hydrogen) atoms. The summed E-state index contributed by atoms with van der Waals surface area (Å²) in [6.07, 6.45) is 1.61. The highest BCUT2D eigenvalue weighted by Gasteiger charge is 2.27. The lowest BCUT2D eigenvalue weighted by Gasteiger charge is -2.34. The Morgan fingerprint density at radius 3 is 2.62 bits per heavy atom. The van der Waals surface area contributed by atoms with Crippen molar-refractivity contribution < 1.29 is 14.5 Å².